The number of rotatable bonds is 10. The number of ether oxygens (including phenoxy) is 2. The Balaban J connectivity index is 1.74. The molecule has 0 radical (unpaired) electrons. The van der Waals surface area contributed by atoms with Gasteiger partial charge in [-0.2, -0.15) is 0 Å². The third-order valence-corrected chi connectivity index (χ3v) is 5.21. The van der Waals surface area contributed by atoms with Gasteiger partial charge in [0.25, 0.3) is 0 Å². The first-order valence-corrected chi connectivity index (χ1v) is 10.7. The quantitative estimate of drug-likeness (QED) is 0.331. The maximum absolute atomic E-state index is 5.76. The first kappa shape index (κ1) is 22.2. The zero-order valence-electron chi connectivity index (χ0n) is 16.9. The van der Waals surface area contributed by atoms with E-state index in [4.69, 9.17) is 14.5 Å². The van der Waals surface area contributed by atoms with E-state index in [1.54, 1.807) is 0 Å². The molecule has 6 heteroatoms. The Morgan fingerprint density at radius 2 is 2.22 bits per heavy atom. The molecule has 1 saturated heterocycles. The second-order valence-electron chi connectivity index (χ2n) is 7.67. The molecule has 1 aromatic carbocycles. The second-order valence-corrected chi connectivity index (χ2v) is 8.59. The number of nitrogens with zero attached hydrogens (tertiary/aromatic N) is 1. The van der Waals surface area contributed by atoms with Gasteiger partial charge in [0, 0.05) is 42.1 Å². The van der Waals surface area contributed by atoms with Gasteiger partial charge in [-0.1, -0.05) is 41.9 Å². The van der Waals surface area contributed by atoms with Crippen molar-refractivity contribution in [1.29, 1.82) is 0 Å². The van der Waals surface area contributed by atoms with Crippen LogP contribution in [-0.4, -0.2) is 52.0 Å². The summed E-state index contributed by atoms with van der Waals surface area (Å²) in [6.45, 7) is 12.3. The van der Waals surface area contributed by atoms with E-state index in [1.165, 1.54) is 5.56 Å². The van der Waals surface area contributed by atoms with E-state index < -0.39 is 0 Å². The van der Waals surface area contributed by atoms with Gasteiger partial charge in [0.15, 0.2) is 5.96 Å². The summed E-state index contributed by atoms with van der Waals surface area (Å²) < 4.78 is 12.2. The third kappa shape index (κ3) is 8.20. The molecule has 0 saturated carbocycles. The van der Waals surface area contributed by atoms with Crippen molar-refractivity contribution in [3.05, 3.63) is 34.3 Å². The zero-order valence-corrected chi connectivity index (χ0v) is 18.5. The highest BCUT2D eigenvalue weighted by Crippen LogP contribution is 2.26. The summed E-state index contributed by atoms with van der Waals surface area (Å²) in [4.78, 5) is 4.79. The molecule has 0 aliphatic carbocycles. The number of hydrogen-bond donors (Lipinski definition) is 2. The van der Waals surface area contributed by atoms with E-state index in [9.17, 15) is 0 Å². The number of aliphatic imine (C=N–C) groups is 1. The fourth-order valence-electron chi connectivity index (χ4n) is 2.96. The Hall–Kier alpha value is -1.11. The lowest BCUT2D eigenvalue weighted by atomic mass is 9.85. The Morgan fingerprint density at radius 1 is 1.37 bits per heavy atom. The molecule has 0 amide bonds. The Kier molecular flexibility index (Phi) is 9.59. The topological polar surface area (TPSA) is 54.9 Å². The van der Waals surface area contributed by atoms with Crippen LogP contribution in [0.5, 0.6) is 0 Å². The third-order valence-electron chi connectivity index (χ3n) is 4.72. The van der Waals surface area contributed by atoms with Crippen LogP contribution in [0.25, 0.3) is 0 Å². The van der Waals surface area contributed by atoms with Crippen LogP contribution < -0.4 is 10.6 Å². The normalized spacial score (nSPS) is 17.9. The lowest BCUT2D eigenvalue weighted by molar-refractivity contribution is 0.0888. The fraction of sp³-hybridized carbons (Fsp3) is 0.667. The van der Waals surface area contributed by atoms with Crippen molar-refractivity contribution >= 4 is 21.9 Å². The van der Waals surface area contributed by atoms with Gasteiger partial charge in [-0.25, -0.2) is 0 Å². The molecule has 1 fully saturated rings. The van der Waals surface area contributed by atoms with Crippen molar-refractivity contribution in [3.8, 4) is 0 Å². The zero-order chi connectivity index (χ0) is 19.5. The van der Waals surface area contributed by atoms with Gasteiger partial charge in [-0.05, 0) is 37.5 Å². The van der Waals surface area contributed by atoms with Crippen LogP contribution in [0.4, 0.5) is 0 Å². The minimum atomic E-state index is -0.0292. The van der Waals surface area contributed by atoms with Crippen LogP contribution in [0.3, 0.4) is 0 Å². The van der Waals surface area contributed by atoms with E-state index in [0.29, 0.717) is 5.92 Å². The Bertz CT molecular complexity index is 587. The highest BCUT2D eigenvalue weighted by Gasteiger charge is 2.20. The summed E-state index contributed by atoms with van der Waals surface area (Å²) in [5.74, 6) is 1.45. The van der Waals surface area contributed by atoms with E-state index in [1.807, 2.05) is 0 Å². The van der Waals surface area contributed by atoms with Gasteiger partial charge in [-0.15, -0.1) is 0 Å². The number of halogens is 1. The molecular formula is C21H34BrN3O2. The first-order valence-electron chi connectivity index (χ1n) is 9.95. The largest absolute Gasteiger partial charge is 0.381 e. The molecule has 1 heterocycles. The van der Waals surface area contributed by atoms with Gasteiger partial charge in [0.05, 0.1) is 19.8 Å². The number of benzene rings is 1. The maximum Gasteiger partial charge on any atom is 0.191 e. The van der Waals surface area contributed by atoms with E-state index >= 15 is 0 Å². The summed E-state index contributed by atoms with van der Waals surface area (Å²) in [6, 6.07) is 8.46. The molecular weight excluding hydrogens is 406 g/mol. The highest BCUT2D eigenvalue weighted by atomic mass is 79.9. The second kappa shape index (κ2) is 11.7. The van der Waals surface area contributed by atoms with Crippen molar-refractivity contribution in [2.24, 2.45) is 10.9 Å². The summed E-state index contributed by atoms with van der Waals surface area (Å²) in [6.07, 6.45) is 2.09. The predicted octanol–water partition coefficient (Wildman–Crippen LogP) is 3.73. The van der Waals surface area contributed by atoms with Crippen molar-refractivity contribution in [3.63, 3.8) is 0 Å². The monoisotopic (exact) mass is 439 g/mol. The molecule has 1 aliphatic heterocycles. The molecule has 0 spiro atoms. The minimum absolute atomic E-state index is 0.0292. The van der Waals surface area contributed by atoms with Crippen LogP contribution in [0, 0.1) is 5.92 Å². The van der Waals surface area contributed by atoms with Crippen LogP contribution >= 0.6 is 15.9 Å². The summed E-state index contributed by atoms with van der Waals surface area (Å²) >= 11 is 3.56. The molecule has 1 aliphatic rings. The molecule has 0 aromatic heterocycles. The van der Waals surface area contributed by atoms with Gasteiger partial charge in [0.1, 0.15) is 0 Å². The molecule has 2 N–H and O–H groups in total. The van der Waals surface area contributed by atoms with Gasteiger partial charge in [-0.3, -0.25) is 4.99 Å². The predicted molar refractivity (Wildman–Crippen MR) is 116 cm³/mol. The van der Waals surface area contributed by atoms with Gasteiger partial charge in [0.2, 0.25) is 0 Å². The van der Waals surface area contributed by atoms with E-state index in [0.717, 1.165) is 69.3 Å². The highest BCUT2D eigenvalue weighted by molar-refractivity contribution is 9.10. The summed E-state index contributed by atoms with van der Waals surface area (Å²) in [5, 5.41) is 6.74. The van der Waals surface area contributed by atoms with Crippen LogP contribution in [0.2, 0.25) is 0 Å². The van der Waals surface area contributed by atoms with Gasteiger partial charge >= 0.3 is 0 Å². The Labute approximate surface area is 172 Å². The first-order chi connectivity index (χ1) is 13.0. The van der Waals surface area contributed by atoms with E-state index in [2.05, 4.69) is 71.6 Å². The molecule has 0 bridgehead atoms. The molecule has 1 aromatic rings. The average Bonchev–Trinajstić information content (AvgIpc) is 3.16. The maximum atomic E-state index is 5.76. The summed E-state index contributed by atoms with van der Waals surface area (Å²) in [7, 11) is 0. The number of guanidine groups is 1. The van der Waals surface area contributed by atoms with Crippen LogP contribution in [0.15, 0.2) is 33.7 Å². The lowest BCUT2D eigenvalue weighted by Gasteiger charge is -2.24. The van der Waals surface area contributed by atoms with E-state index in [-0.39, 0.29) is 5.41 Å². The van der Waals surface area contributed by atoms with Crippen LogP contribution in [0.1, 0.15) is 39.2 Å². The van der Waals surface area contributed by atoms with Crippen molar-refractivity contribution in [2.75, 3.05) is 46.1 Å². The number of nitrogens with one attached hydrogen (secondary N) is 2. The molecule has 27 heavy (non-hydrogen) atoms. The molecule has 2 rings (SSSR count). The standard InChI is InChI=1S/C21H34BrN3O2/c1-4-23-20(24-10-6-11-26-14-17-9-12-27-15-17)25-16-21(2,3)18-7-5-8-19(22)13-18/h5,7-8,13,17H,4,6,9-12,14-16H2,1-3H3,(H2,23,24,25). The molecule has 1 atom stereocenters. The summed E-state index contributed by atoms with van der Waals surface area (Å²) in [5.41, 5.74) is 1.25. The SMILES string of the molecule is CCNC(=NCC(C)(C)c1cccc(Br)c1)NCCCOCC1CCOC1. The van der Waals surface area contributed by atoms with Crippen molar-refractivity contribution < 1.29 is 9.47 Å². The minimum Gasteiger partial charge on any atom is -0.381 e. The Morgan fingerprint density at radius 3 is 2.93 bits per heavy atom. The number of hydrogen-bond acceptors (Lipinski definition) is 3. The van der Waals surface area contributed by atoms with Crippen molar-refractivity contribution in [1.82, 2.24) is 10.6 Å². The fourth-order valence-corrected chi connectivity index (χ4v) is 3.36. The molecule has 1 unspecified atom stereocenters. The molecule has 5 nitrogen and oxygen atoms in total. The van der Waals surface area contributed by atoms with Crippen molar-refractivity contribution in [2.45, 2.75) is 39.0 Å². The smallest absolute Gasteiger partial charge is 0.191 e. The lowest BCUT2D eigenvalue weighted by Crippen LogP contribution is -2.39. The van der Waals surface area contributed by atoms with Crippen LogP contribution in [-0.2, 0) is 14.9 Å². The van der Waals surface area contributed by atoms with Gasteiger partial charge < -0.3 is 20.1 Å². The average molecular weight is 440 g/mol. The molecule has 152 valence electrons.